The fraction of sp³-hybridized carbons (Fsp3) is 0. The van der Waals surface area contributed by atoms with Crippen LogP contribution in [0.1, 0.15) is 0 Å². The van der Waals surface area contributed by atoms with Gasteiger partial charge in [-0.3, -0.25) is 0 Å². The van der Waals surface area contributed by atoms with Gasteiger partial charge in [0, 0.05) is 10.5 Å². The Hall–Kier alpha value is -1.74. The standard InChI is InChI=1S/C13H10N2S/c16-12-8-4-1-5-9(12)13-14-10-6-2-3-7-11(10)15-13/h1-8,16H,(H,14,15). The van der Waals surface area contributed by atoms with Crippen LogP contribution >= 0.6 is 12.6 Å². The molecule has 0 saturated heterocycles. The summed E-state index contributed by atoms with van der Waals surface area (Å²) in [5, 5.41) is 0. The lowest BCUT2D eigenvalue weighted by Gasteiger charge is -1.99. The molecule has 0 amide bonds. The summed E-state index contributed by atoms with van der Waals surface area (Å²) in [7, 11) is 0. The van der Waals surface area contributed by atoms with Crippen LogP contribution in [0, 0.1) is 0 Å². The van der Waals surface area contributed by atoms with Gasteiger partial charge in [-0.2, -0.15) is 0 Å². The molecule has 0 atom stereocenters. The minimum Gasteiger partial charge on any atom is -0.338 e. The Kier molecular flexibility index (Phi) is 2.18. The minimum atomic E-state index is 0.867. The molecule has 3 rings (SSSR count). The van der Waals surface area contributed by atoms with E-state index >= 15 is 0 Å². The molecular weight excluding hydrogens is 216 g/mol. The highest BCUT2D eigenvalue weighted by atomic mass is 32.1. The quantitative estimate of drug-likeness (QED) is 0.611. The summed E-state index contributed by atoms with van der Waals surface area (Å²) in [6.45, 7) is 0. The Morgan fingerprint density at radius 1 is 0.938 bits per heavy atom. The SMILES string of the molecule is Sc1ccccc1-c1nc2ccccc2[nH]1. The zero-order chi connectivity index (χ0) is 11.0. The Labute approximate surface area is 98.8 Å². The molecular formula is C13H10N2S. The summed E-state index contributed by atoms with van der Waals surface area (Å²) in [5.41, 5.74) is 3.06. The van der Waals surface area contributed by atoms with Gasteiger partial charge in [-0.15, -0.1) is 12.6 Å². The highest BCUT2D eigenvalue weighted by molar-refractivity contribution is 7.80. The predicted molar refractivity (Wildman–Crippen MR) is 68.8 cm³/mol. The van der Waals surface area contributed by atoms with Crippen molar-refractivity contribution >= 4 is 23.7 Å². The van der Waals surface area contributed by atoms with Crippen molar-refractivity contribution in [2.45, 2.75) is 4.90 Å². The van der Waals surface area contributed by atoms with E-state index in [9.17, 15) is 0 Å². The fourth-order valence-electron chi connectivity index (χ4n) is 1.75. The molecule has 1 aromatic heterocycles. The van der Waals surface area contributed by atoms with E-state index in [1.807, 2.05) is 48.5 Å². The molecule has 0 radical (unpaired) electrons. The number of imidazole rings is 1. The third kappa shape index (κ3) is 1.49. The number of H-pyrrole nitrogens is 1. The molecule has 0 saturated carbocycles. The third-order valence-electron chi connectivity index (χ3n) is 2.55. The molecule has 3 aromatic rings. The summed E-state index contributed by atoms with van der Waals surface area (Å²) in [5.74, 6) is 0.867. The second-order valence-electron chi connectivity index (χ2n) is 3.62. The number of rotatable bonds is 1. The highest BCUT2D eigenvalue weighted by Crippen LogP contribution is 2.25. The van der Waals surface area contributed by atoms with Crippen LogP contribution in [0.25, 0.3) is 22.4 Å². The van der Waals surface area contributed by atoms with Crippen molar-refractivity contribution in [1.82, 2.24) is 9.97 Å². The number of aromatic amines is 1. The van der Waals surface area contributed by atoms with Gasteiger partial charge in [0.25, 0.3) is 0 Å². The molecule has 0 spiro atoms. The highest BCUT2D eigenvalue weighted by Gasteiger charge is 2.06. The number of nitrogens with one attached hydrogen (secondary N) is 1. The van der Waals surface area contributed by atoms with E-state index in [1.54, 1.807) is 0 Å². The topological polar surface area (TPSA) is 28.7 Å². The van der Waals surface area contributed by atoms with E-state index in [-0.39, 0.29) is 0 Å². The first-order valence-electron chi connectivity index (χ1n) is 5.08. The molecule has 0 fully saturated rings. The van der Waals surface area contributed by atoms with Crippen LogP contribution in [0.3, 0.4) is 0 Å². The Bertz CT molecular complexity index is 610. The van der Waals surface area contributed by atoms with Crippen LogP contribution in [0.2, 0.25) is 0 Å². The molecule has 78 valence electrons. The smallest absolute Gasteiger partial charge is 0.139 e. The van der Waals surface area contributed by atoms with E-state index in [0.717, 1.165) is 27.3 Å². The molecule has 2 aromatic carbocycles. The lowest BCUT2D eigenvalue weighted by atomic mass is 10.2. The van der Waals surface area contributed by atoms with Crippen molar-refractivity contribution in [3.05, 3.63) is 48.5 Å². The number of hydrogen-bond acceptors (Lipinski definition) is 2. The van der Waals surface area contributed by atoms with Crippen LogP contribution in [-0.4, -0.2) is 9.97 Å². The summed E-state index contributed by atoms with van der Waals surface area (Å²) >= 11 is 4.43. The first-order chi connectivity index (χ1) is 7.84. The van der Waals surface area contributed by atoms with Crippen LogP contribution in [0.15, 0.2) is 53.4 Å². The lowest BCUT2D eigenvalue weighted by molar-refractivity contribution is 1.29. The molecule has 0 aliphatic heterocycles. The number of thiol groups is 1. The number of aromatic nitrogens is 2. The number of para-hydroxylation sites is 2. The maximum Gasteiger partial charge on any atom is 0.139 e. The van der Waals surface area contributed by atoms with Crippen LogP contribution in [0.5, 0.6) is 0 Å². The predicted octanol–water partition coefficient (Wildman–Crippen LogP) is 3.52. The van der Waals surface area contributed by atoms with E-state index in [2.05, 4.69) is 22.6 Å². The summed E-state index contributed by atoms with van der Waals surface area (Å²) in [4.78, 5) is 8.76. The van der Waals surface area contributed by atoms with Crippen LogP contribution in [-0.2, 0) is 0 Å². The maximum atomic E-state index is 4.54. The van der Waals surface area contributed by atoms with Gasteiger partial charge >= 0.3 is 0 Å². The van der Waals surface area contributed by atoms with Gasteiger partial charge in [-0.25, -0.2) is 4.98 Å². The van der Waals surface area contributed by atoms with Gasteiger partial charge in [0.2, 0.25) is 0 Å². The van der Waals surface area contributed by atoms with Crippen molar-refractivity contribution in [3.8, 4) is 11.4 Å². The van der Waals surface area contributed by atoms with Crippen molar-refractivity contribution in [1.29, 1.82) is 0 Å². The minimum absolute atomic E-state index is 0.867. The van der Waals surface area contributed by atoms with Gasteiger partial charge in [0.05, 0.1) is 11.0 Å². The fourth-order valence-corrected chi connectivity index (χ4v) is 2.02. The van der Waals surface area contributed by atoms with E-state index in [0.29, 0.717) is 0 Å². The van der Waals surface area contributed by atoms with Gasteiger partial charge in [0.15, 0.2) is 0 Å². The summed E-state index contributed by atoms with van der Waals surface area (Å²) in [6.07, 6.45) is 0. The molecule has 2 nitrogen and oxygen atoms in total. The van der Waals surface area contributed by atoms with Crippen LogP contribution < -0.4 is 0 Å². The Balaban J connectivity index is 2.23. The molecule has 1 N–H and O–H groups in total. The van der Waals surface area contributed by atoms with Crippen molar-refractivity contribution in [2.75, 3.05) is 0 Å². The largest absolute Gasteiger partial charge is 0.338 e. The van der Waals surface area contributed by atoms with Crippen molar-refractivity contribution < 1.29 is 0 Å². The van der Waals surface area contributed by atoms with E-state index in [1.165, 1.54) is 0 Å². The first kappa shape index (κ1) is 9.48. The second kappa shape index (κ2) is 3.68. The molecule has 16 heavy (non-hydrogen) atoms. The number of fused-ring (bicyclic) bond motifs is 1. The normalized spacial score (nSPS) is 10.8. The number of hydrogen-bond donors (Lipinski definition) is 2. The Morgan fingerprint density at radius 2 is 1.69 bits per heavy atom. The molecule has 0 bridgehead atoms. The number of nitrogens with zero attached hydrogens (tertiary/aromatic N) is 1. The second-order valence-corrected chi connectivity index (χ2v) is 4.10. The molecule has 0 unspecified atom stereocenters. The van der Waals surface area contributed by atoms with E-state index in [4.69, 9.17) is 0 Å². The molecule has 1 heterocycles. The average Bonchev–Trinajstić information content (AvgIpc) is 2.73. The first-order valence-corrected chi connectivity index (χ1v) is 5.52. The average molecular weight is 226 g/mol. The maximum absolute atomic E-state index is 4.54. The molecule has 0 aliphatic carbocycles. The zero-order valence-corrected chi connectivity index (χ0v) is 9.41. The summed E-state index contributed by atoms with van der Waals surface area (Å²) < 4.78 is 0. The summed E-state index contributed by atoms with van der Waals surface area (Å²) in [6, 6.07) is 15.9. The van der Waals surface area contributed by atoms with Gasteiger partial charge in [-0.1, -0.05) is 30.3 Å². The monoisotopic (exact) mass is 226 g/mol. The van der Waals surface area contributed by atoms with E-state index < -0.39 is 0 Å². The van der Waals surface area contributed by atoms with Crippen LogP contribution in [0.4, 0.5) is 0 Å². The third-order valence-corrected chi connectivity index (χ3v) is 2.94. The van der Waals surface area contributed by atoms with Gasteiger partial charge < -0.3 is 4.98 Å². The zero-order valence-electron chi connectivity index (χ0n) is 8.51. The van der Waals surface area contributed by atoms with Gasteiger partial charge in [-0.05, 0) is 18.2 Å². The number of benzene rings is 2. The van der Waals surface area contributed by atoms with Crippen molar-refractivity contribution in [3.63, 3.8) is 0 Å². The lowest BCUT2D eigenvalue weighted by Crippen LogP contribution is -1.81. The van der Waals surface area contributed by atoms with Crippen molar-refractivity contribution in [2.24, 2.45) is 0 Å². The molecule has 0 aliphatic rings. The Morgan fingerprint density at radius 3 is 2.50 bits per heavy atom. The molecule has 3 heteroatoms. The van der Waals surface area contributed by atoms with Gasteiger partial charge in [0.1, 0.15) is 5.82 Å².